The Balaban J connectivity index is 1.42. The van der Waals surface area contributed by atoms with E-state index in [1.54, 1.807) is 0 Å². The molecule has 0 aromatic heterocycles. The van der Waals surface area contributed by atoms with Crippen molar-refractivity contribution in [1.82, 2.24) is 0 Å². The molecular weight excluding hydrogens is 1150 g/mol. The molecule has 4 aliphatic rings. The van der Waals surface area contributed by atoms with E-state index in [1.165, 1.54) is 33.4 Å². The third-order valence-electron chi connectivity index (χ3n) is 20.2. The largest absolute Gasteiger partial charge is 0.507 e. The summed E-state index contributed by atoms with van der Waals surface area (Å²) in [5.41, 5.74) is 20.8. The van der Waals surface area contributed by atoms with Gasteiger partial charge in [-0.2, -0.15) is 0 Å². The maximum atomic E-state index is 13.3. The Morgan fingerprint density at radius 3 is 0.613 bits per heavy atom. The molecule has 3 aliphatic heterocycles. The van der Waals surface area contributed by atoms with Gasteiger partial charge in [0.05, 0.1) is 79.3 Å². The Bertz CT molecular complexity index is 3080. The van der Waals surface area contributed by atoms with Crippen LogP contribution in [0.4, 0.5) is 0 Å². The van der Waals surface area contributed by atoms with Crippen LogP contribution in [-0.2, 0) is 119 Å². The molecule has 0 amide bonds. The number of hydrogen-bond acceptors (Lipinski definition) is 9. The fraction of sp³-hybridized carbons (Fsp3) is 0.571. The number of benzene rings is 6. The summed E-state index contributed by atoms with van der Waals surface area (Å²) in [7, 11) is 0. The fourth-order valence-electron chi connectivity index (χ4n) is 13.7. The second-order valence-electron chi connectivity index (χ2n) is 33.9. The van der Waals surface area contributed by atoms with Crippen LogP contribution in [0.15, 0.2) is 72.8 Å². The lowest BCUT2D eigenvalue weighted by Crippen LogP contribution is -2.38. The highest BCUT2D eigenvalue weighted by Crippen LogP contribution is 2.44. The molecule has 3 N–H and O–H groups in total. The number of phenolic OH excluding ortho intramolecular Hbond substituents is 3. The molecule has 3 heterocycles. The van der Waals surface area contributed by atoms with E-state index < -0.39 is 5.41 Å². The van der Waals surface area contributed by atoms with Gasteiger partial charge in [-0.05, 0) is 175 Å². The van der Waals surface area contributed by atoms with Gasteiger partial charge in [-0.1, -0.05) is 204 Å². The average Bonchev–Trinajstić information content (AvgIpc) is 0.780. The summed E-state index contributed by atoms with van der Waals surface area (Å²) >= 11 is 0. The molecule has 0 atom stereocenters. The summed E-state index contributed by atoms with van der Waals surface area (Å²) in [5, 5.41) is 39.8. The number of aromatic hydroxyl groups is 3. The van der Waals surface area contributed by atoms with E-state index in [4.69, 9.17) is 28.4 Å². The van der Waals surface area contributed by atoms with Gasteiger partial charge in [0.15, 0.2) is 0 Å². The third-order valence-corrected chi connectivity index (χ3v) is 20.2. The maximum absolute atomic E-state index is 13.3. The van der Waals surface area contributed by atoms with Gasteiger partial charge >= 0.3 is 0 Å². The van der Waals surface area contributed by atoms with Crippen LogP contribution in [-0.4, -0.2) is 94.6 Å². The Morgan fingerprint density at radius 1 is 0.269 bits per heavy atom. The number of hydrogen-bond donors (Lipinski definition) is 3. The van der Waals surface area contributed by atoms with Gasteiger partial charge in [0.1, 0.15) is 17.2 Å². The van der Waals surface area contributed by atoms with E-state index in [2.05, 4.69) is 204 Å². The molecule has 0 saturated carbocycles. The molecule has 9 heteroatoms. The maximum Gasteiger partial charge on any atom is 0.122 e. The van der Waals surface area contributed by atoms with E-state index >= 15 is 0 Å². The predicted octanol–water partition coefficient (Wildman–Crippen LogP) is 17.6. The Hall–Kier alpha value is -5.52. The summed E-state index contributed by atoms with van der Waals surface area (Å²) in [4.78, 5) is 0. The number of rotatable bonds is 1. The normalized spacial score (nSPS) is 17.6. The minimum Gasteiger partial charge on any atom is -0.507 e. The highest BCUT2D eigenvalue weighted by atomic mass is 16.5. The molecule has 1 aliphatic carbocycles. The first-order chi connectivity index (χ1) is 43.5. The lowest BCUT2D eigenvalue weighted by atomic mass is 9.77. The summed E-state index contributed by atoms with van der Waals surface area (Å²) in [6.07, 6.45) is 5.55. The van der Waals surface area contributed by atoms with Crippen LogP contribution in [0, 0.1) is 5.41 Å². The molecule has 10 rings (SSSR count). The minimum absolute atomic E-state index is 0.235. The highest BCUT2D eigenvalue weighted by molar-refractivity contribution is 5.59. The van der Waals surface area contributed by atoms with Crippen LogP contribution < -0.4 is 0 Å². The zero-order valence-corrected chi connectivity index (χ0v) is 60.8. The molecule has 16 bridgehead atoms. The van der Waals surface area contributed by atoms with E-state index in [1.807, 2.05) is 0 Å². The van der Waals surface area contributed by atoms with Crippen molar-refractivity contribution in [3.8, 4) is 17.2 Å². The van der Waals surface area contributed by atoms with Crippen LogP contribution >= 0.6 is 0 Å². The van der Waals surface area contributed by atoms with Crippen molar-refractivity contribution < 1.29 is 43.7 Å². The zero-order valence-electron chi connectivity index (χ0n) is 60.8. The lowest BCUT2D eigenvalue weighted by Gasteiger charge is -2.32. The monoisotopic (exact) mass is 1270 g/mol. The first-order valence-electron chi connectivity index (χ1n) is 35.0. The number of phenols is 3. The molecule has 9 nitrogen and oxygen atoms in total. The molecule has 506 valence electrons. The zero-order chi connectivity index (χ0) is 67.6. The van der Waals surface area contributed by atoms with Gasteiger partial charge in [-0.3, -0.25) is 0 Å². The van der Waals surface area contributed by atoms with Crippen molar-refractivity contribution in [2.45, 2.75) is 228 Å². The SMILES string of the molecule is CCC12COCCOCCc3c4cc(C(C)(C)C)cc3Cc3cc(C(C)(C)C)cc(c3O)Cc3cc(C(C)(C)C)cc(c3CCOCCOC1)Cc1cc(C(C)(C)C)cc(c1O)Cc1cc(C(C)(C)C)cc(c1CCOCCOC2)Cc1cc(C(C)(C)C)cc(c1O)C4. The standard InChI is InChI=1S/C84H116O9/c1-20-84-51-91-30-27-88-24-21-72-54-33-60-45-69(81(11,12)13)47-62(75(60)85)35-56-41-67(79(5,6)7)43-58(73(56)22-25-89-28-31-92-52-84)37-64-49-71(83(17,18)19)50-65(77(64)87)38-59-44-68(80(8,9)10)42-57(74(59)23-26-90-29-32-93-53-84)36-63-48-70(82(14,15)16)46-61(76(63)86)34-55(72)40-66(39-54)78(2,3)4/h39-50,85-87H,20-38,51-53H2,1-19H3. The van der Waals surface area contributed by atoms with E-state index in [9.17, 15) is 15.3 Å². The van der Waals surface area contributed by atoms with Crippen LogP contribution in [0.5, 0.6) is 17.2 Å². The Labute approximate surface area is 560 Å². The lowest BCUT2D eigenvalue weighted by molar-refractivity contribution is -0.0889. The topological polar surface area (TPSA) is 116 Å². The first-order valence-corrected chi connectivity index (χ1v) is 35.0. The van der Waals surface area contributed by atoms with Gasteiger partial charge < -0.3 is 43.7 Å². The molecule has 0 saturated heterocycles. The predicted molar refractivity (Wildman–Crippen MR) is 381 cm³/mol. The van der Waals surface area contributed by atoms with Crippen molar-refractivity contribution in [3.63, 3.8) is 0 Å². The summed E-state index contributed by atoms with van der Waals surface area (Å²) in [6.45, 7) is 48.3. The average molecular weight is 1270 g/mol. The number of fused-ring (bicyclic) bond motifs is 18. The van der Waals surface area contributed by atoms with Gasteiger partial charge in [0.25, 0.3) is 0 Å². The first kappa shape index (κ1) is 71.8. The third kappa shape index (κ3) is 17.7. The molecule has 6 aromatic rings. The molecule has 0 fully saturated rings. The smallest absolute Gasteiger partial charge is 0.122 e. The molecule has 0 radical (unpaired) electrons. The highest BCUT2D eigenvalue weighted by Gasteiger charge is 2.33. The molecule has 0 spiro atoms. The second-order valence-corrected chi connectivity index (χ2v) is 33.9. The summed E-state index contributed by atoms with van der Waals surface area (Å²) in [5.74, 6) is 0.916. The molecular formula is C84H116O9. The van der Waals surface area contributed by atoms with Crippen molar-refractivity contribution >= 4 is 0 Å². The van der Waals surface area contributed by atoms with Gasteiger partial charge in [-0.15, -0.1) is 0 Å². The molecule has 93 heavy (non-hydrogen) atoms. The quantitative estimate of drug-likeness (QED) is 0.148. The van der Waals surface area contributed by atoms with Gasteiger partial charge in [-0.25, -0.2) is 0 Å². The van der Waals surface area contributed by atoms with Gasteiger partial charge in [0, 0.05) is 43.9 Å². The minimum atomic E-state index is -0.415. The van der Waals surface area contributed by atoms with Crippen LogP contribution in [0.1, 0.15) is 255 Å². The van der Waals surface area contributed by atoms with Gasteiger partial charge in [0.2, 0.25) is 0 Å². The van der Waals surface area contributed by atoms with Crippen molar-refractivity contribution in [1.29, 1.82) is 0 Å². The van der Waals surface area contributed by atoms with Crippen LogP contribution in [0.25, 0.3) is 0 Å². The molecule has 0 unspecified atom stereocenters. The van der Waals surface area contributed by atoms with E-state index in [0.717, 1.165) is 89.9 Å². The fourth-order valence-corrected chi connectivity index (χ4v) is 13.7. The number of ether oxygens (including phenoxy) is 6. The Kier molecular flexibility index (Phi) is 22.1. The van der Waals surface area contributed by atoms with Crippen molar-refractivity contribution in [2.75, 3.05) is 79.3 Å². The van der Waals surface area contributed by atoms with Crippen molar-refractivity contribution in [3.05, 3.63) is 190 Å². The summed E-state index contributed by atoms with van der Waals surface area (Å²) < 4.78 is 39.6. The molecule has 6 aromatic carbocycles. The van der Waals surface area contributed by atoms with Crippen molar-refractivity contribution in [2.24, 2.45) is 5.41 Å². The van der Waals surface area contributed by atoms with Crippen LogP contribution in [0.2, 0.25) is 0 Å². The van der Waals surface area contributed by atoms with Crippen LogP contribution in [0.3, 0.4) is 0 Å². The second kappa shape index (κ2) is 28.7. The van der Waals surface area contributed by atoms with E-state index in [-0.39, 0.29) is 32.5 Å². The summed E-state index contributed by atoms with van der Waals surface area (Å²) in [6, 6.07) is 27.8. The van der Waals surface area contributed by atoms with E-state index in [0.29, 0.717) is 154 Å². The Morgan fingerprint density at radius 2 is 0.441 bits per heavy atom.